The minimum Gasteiger partial charge on any atom is -0.375 e. The molecule has 1 unspecified atom stereocenters. The first-order chi connectivity index (χ1) is 9.76. The van der Waals surface area contributed by atoms with E-state index in [-0.39, 0.29) is 25.8 Å². The highest BCUT2D eigenvalue weighted by molar-refractivity contribution is 9.09. The number of nitrogens with zero attached hydrogens (tertiary/aromatic N) is 1. The summed E-state index contributed by atoms with van der Waals surface area (Å²) >= 11 is 3.18. The molecule has 0 amide bonds. The predicted octanol–water partition coefficient (Wildman–Crippen LogP) is 2.49. The van der Waals surface area contributed by atoms with Crippen molar-refractivity contribution in [3.05, 3.63) is 29.8 Å². The zero-order valence-corrected chi connectivity index (χ0v) is 13.2. The molecule has 1 atom stereocenters. The highest BCUT2D eigenvalue weighted by Crippen LogP contribution is 2.35. The maximum atomic E-state index is 13.0. The lowest BCUT2D eigenvalue weighted by molar-refractivity contribution is -0.139. The van der Waals surface area contributed by atoms with Crippen LogP contribution in [-0.2, 0) is 20.9 Å². The molecule has 118 valence electrons. The lowest BCUT2D eigenvalue weighted by Crippen LogP contribution is -2.46. The van der Waals surface area contributed by atoms with E-state index in [2.05, 4.69) is 15.9 Å². The quantitative estimate of drug-likeness (QED) is 0.748. The maximum absolute atomic E-state index is 13.0. The van der Waals surface area contributed by atoms with Gasteiger partial charge in [-0.15, -0.1) is 0 Å². The van der Waals surface area contributed by atoms with Crippen LogP contribution in [0.4, 0.5) is 13.2 Å². The van der Waals surface area contributed by atoms with Crippen LogP contribution < -0.4 is 0 Å². The van der Waals surface area contributed by atoms with Gasteiger partial charge in [-0.3, -0.25) is 0 Å². The van der Waals surface area contributed by atoms with Crippen LogP contribution in [0.15, 0.2) is 29.2 Å². The van der Waals surface area contributed by atoms with Gasteiger partial charge >= 0.3 is 6.18 Å². The van der Waals surface area contributed by atoms with Gasteiger partial charge in [-0.05, 0) is 12.1 Å². The molecule has 1 aromatic rings. The molecule has 9 heteroatoms. The average Bonchev–Trinajstić information content (AvgIpc) is 2.46. The molecule has 4 nitrogen and oxygen atoms in total. The summed E-state index contributed by atoms with van der Waals surface area (Å²) in [5.74, 6) is 0. The van der Waals surface area contributed by atoms with Gasteiger partial charge in [0.05, 0.1) is 23.2 Å². The summed E-state index contributed by atoms with van der Waals surface area (Å²) in [5.41, 5.74) is -1.15. The molecule has 0 N–H and O–H groups in total. The zero-order chi connectivity index (χ0) is 15.7. The van der Waals surface area contributed by atoms with Gasteiger partial charge in [0.1, 0.15) is 0 Å². The van der Waals surface area contributed by atoms with Crippen LogP contribution >= 0.6 is 15.9 Å². The van der Waals surface area contributed by atoms with Gasteiger partial charge in [0.15, 0.2) is 0 Å². The fraction of sp³-hybridized carbons (Fsp3) is 0.500. The standard InChI is InChI=1S/C12H13BrF3NO3S/c13-7-9-8-17(5-6-20-9)21(18,19)11-4-2-1-3-10(11)12(14,15)16/h1-4,9H,5-8H2. The Labute approximate surface area is 129 Å². The van der Waals surface area contributed by atoms with Gasteiger partial charge in [0, 0.05) is 18.4 Å². The second-order valence-electron chi connectivity index (χ2n) is 4.50. The predicted molar refractivity (Wildman–Crippen MR) is 73.7 cm³/mol. The Balaban J connectivity index is 2.41. The molecule has 0 saturated carbocycles. The van der Waals surface area contributed by atoms with E-state index in [0.717, 1.165) is 16.4 Å². The smallest absolute Gasteiger partial charge is 0.375 e. The number of halogens is 4. The molecule has 1 aliphatic rings. The van der Waals surface area contributed by atoms with E-state index in [0.29, 0.717) is 5.33 Å². The van der Waals surface area contributed by atoms with E-state index in [1.54, 1.807) is 0 Å². The van der Waals surface area contributed by atoms with Crippen molar-refractivity contribution in [2.24, 2.45) is 0 Å². The van der Waals surface area contributed by atoms with Gasteiger partial charge in [-0.25, -0.2) is 8.42 Å². The van der Waals surface area contributed by atoms with Gasteiger partial charge in [-0.1, -0.05) is 28.1 Å². The normalized spacial score (nSPS) is 21.4. The second-order valence-corrected chi connectivity index (χ2v) is 7.06. The number of sulfonamides is 1. The molecule has 0 spiro atoms. The van der Waals surface area contributed by atoms with Crippen LogP contribution in [0.25, 0.3) is 0 Å². The maximum Gasteiger partial charge on any atom is 0.417 e. The van der Waals surface area contributed by atoms with Gasteiger partial charge in [0.2, 0.25) is 10.0 Å². The first-order valence-electron chi connectivity index (χ1n) is 6.10. The number of alkyl halides is 4. The Bertz CT molecular complexity index is 606. The Hall–Kier alpha value is -0.640. The van der Waals surface area contributed by atoms with Crippen LogP contribution in [-0.4, -0.2) is 43.9 Å². The summed E-state index contributed by atoms with van der Waals surface area (Å²) < 4.78 is 70.2. The lowest BCUT2D eigenvalue weighted by Gasteiger charge is -2.31. The van der Waals surface area contributed by atoms with Crippen molar-refractivity contribution < 1.29 is 26.3 Å². The molecule has 1 fully saturated rings. The zero-order valence-electron chi connectivity index (χ0n) is 10.8. The Morgan fingerprint density at radius 1 is 1.33 bits per heavy atom. The van der Waals surface area contributed by atoms with Crippen molar-refractivity contribution in [2.45, 2.75) is 17.2 Å². The molecule has 21 heavy (non-hydrogen) atoms. The van der Waals surface area contributed by atoms with E-state index >= 15 is 0 Å². The first kappa shape index (κ1) is 16.7. The number of hydrogen-bond donors (Lipinski definition) is 0. The lowest BCUT2D eigenvalue weighted by atomic mass is 10.2. The largest absolute Gasteiger partial charge is 0.417 e. The number of morpholine rings is 1. The summed E-state index contributed by atoms with van der Waals surface area (Å²) in [6, 6.07) is 4.21. The van der Waals surface area contributed by atoms with E-state index in [4.69, 9.17) is 4.74 Å². The molecule has 0 aromatic heterocycles. The van der Waals surface area contributed by atoms with Crippen molar-refractivity contribution in [3.8, 4) is 0 Å². The number of rotatable bonds is 3. The minimum atomic E-state index is -4.72. The van der Waals surface area contributed by atoms with Crippen LogP contribution in [0.2, 0.25) is 0 Å². The molecular weight excluding hydrogens is 375 g/mol. The van der Waals surface area contributed by atoms with Crippen LogP contribution in [0, 0.1) is 0 Å². The SMILES string of the molecule is O=S(=O)(c1ccccc1C(F)(F)F)N1CCOC(CBr)C1. The molecule has 1 saturated heterocycles. The Morgan fingerprint density at radius 2 is 2.00 bits per heavy atom. The number of hydrogen-bond acceptors (Lipinski definition) is 3. The summed E-state index contributed by atoms with van der Waals surface area (Å²) in [5, 5.41) is 0.417. The molecular formula is C12H13BrF3NO3S. The van der Waals surface area contributed by atoms with E-state index in [9.17, 15) is 21.6 Å². The molecule has 0 radical (unpaired) electrons. The molecule has 2 rings (SSSR count). The highest BCUT2D eigenvalue weighted by atomic mass is 79.9. The first-order valence-corrected chi connectivity index (χ1v) is 8.67. The highest BCUT2D eigenvalue weighted by Gasteiger charge is 2.39. The van der Waals surface area contributed by atoms with Crippen molar-refractivity contribution in [1.29, 1.82) is 0 Å². The molecule has 0 bridgehead atoms. The fourth-order valence-electron chi connectivity index (χ4n) is 2.07. The minimum absolute atomic E-state index is 0.0276. The van der Waals surface area contributed by atoms with Gasteiger partial charge in [-0.2, -0.15) is 17.5 Å². The summed E-state index contributed by atoms with van der Waals surface area (Å²) in [6.45, 7) is 0.224. The summed E-state index contributed by atoms with van der Waals surface area (Å²) in [4.78, 5) is -0.715. The molecule has 1 heterocycles. The van der Waals surface area contributed by atoms with Crippen molar-refractivity contribution in [1.82, 2.24) is 4.31 Å². The molecule has 1 aliphatic heterocycles. The van der Waals surface area contributed by atoms with Crippen molar-refractivity contribution in [2.75, 3.05) is 25.0 Å². The van der Waals surface area contributed by atoms with Crippen molar-refractivity contribution >= 4 is 26.0 Å². The third-order valence-electron chi connectivity index (χ3n) is 3.08. The molecule has 0 aliphatic carbocycles. The number of ether oxygens (including phenoxy) is 1. The van der Waals surface area contributed by atoms with E-state index < -0.39 is 26.7 Å². The topological polar surface area (TPSA) is 46.6 Å². The Morgan fingerprint density at radius 3 is 2.62 bits per heavy atom. The van der Waals surface area contributed by atoms with Gasteiger partial charge < -0.3 is 4.74 Å². The Kier molecular flexibility index (Phi) is 4.96. The third kappa shape index (κ3) is 3.58. The van der Waals surface area contributed by atoms with Crippen LogP contribution in [0.3, 0.4) is 0 Å². The summed E-state index contributed by atoms with van der Waals surface area (Å²) in [6.07, 6.45) is -5.09. The van der Waals surface area contributed by atoms with E-state index in [1.165, 1.54) is 12.1 Å². The fourth-order valence-corrected chi connectivity index (χ4v) is 4.13. The second kappa shape index (κ2) is 6.23. The molecule has 1 aromatic carbocycles. The summed E-state index contributed by atoms with van der Waals surface area (Å²) in [7, 11) is -4.21. The van der Waals surface area contributed by atoms with Crippen LogP contribution in [0.5, 0.6) is 0 Å². The van der Waals surface area contributed by atoms with Crippen LogP contribution in [0.1, 0.15) is 5.56 Å². The van der Waals surface area contributed by atoms with Crippen molar-refractivity contribution in [3.63, 3.8) is 0 Å². The van der Waals surface area contributed by atoms with E-state index in [1.807, 2.05) is 0 Å². The number of benzene rings is 1. The van der Waals surface area contributed by atoms with Gasteiger partial charge in [0.25, 0.3) is 0 Å². The third-order valence-corrected chi connectivity index (χ3v) is 5.73. The average molecular weight is 388 g/mol. The monoisotopic (exact) mass is 387 g/mol.